The van der Waals surface area contributed by atoms with E-state index in [4.69, 9.17) is 15.0 Å². The van der Waals surface area contributed by atoms with E-state index in [1.54, 1.807) is 0 Å². The van der Waals surface area contributed by atoms with Crippen LogP contribution in [0.4, 0.5) is 0 Å². The van der Waals surface area contributed by atoms with Crippen LogP contribution in [-0.4, -0.2) is 29.5 Å². The first-order chi connectivity index (χ1) is 24.3. The number of hydrogen-bond donors (Lipinski definition) is 0. The van der Waals surface area contributed by atoms with Crippen LogP contribution in [0.5, 0.6) is 0 Å². The second-order valence-corrected chi connectivity index (χ2v) is 14.6. The zero-order valence-electron chi connectivity index (χ0n) is 26.3. The van der Waals surface area contributed by atoms with Crippen molar-refractivity contribution in [3.05, 3.63) is 164 Å². The van der Waals surface area contributed by atoms with E-state index in [2.05, 4.69) is 146 Å². The fourth-order valence-electron chi connectivity index (χ4n) is 7.05. The molecular formula is C45H27N3Se. The Bertz CT molecular complexity index is 2880. The first-order valence-electron chi connectivity index (χ1n) is 16.4. The van der Waals surface area contributed by atoms with Crippen LogP contribution in [0.3, 0.4) is 0 Å². The average Bonchev–Trinajstić information content (AvgIpc) is 3.57. The summed E-state index contributed by atoms with van der Waals surface area (Å²) in [5, 5.41) is 10.1. The van der Waals surface area contributed by atoms with Gasteiger partial charge in [-0.2, -0.15) is 0 Å². The standard InChI is InChI=1S/C45H27N3Se/c1-3-11-29(12-4-1)36-16-9-17-37-38-25-24-31-21-19-30-20-23-35(27-39(30)40(31)42(38)49-41(36)37)45-47-43(32-13-5-2-6-14-32)46-44(48-45)34-22-18-28-10-7-8-15-33(28)26-34/h1-27H. The van der Waals surface area contributed by atoms with E-state index in [0.717, 1.165) is 22.1 Å². The number of rotatable bonds is 4. The summed E-state index contributed by atoms with van der Waals surface area (Å²) in [4.78, 5) is 15.2. The average molecular weight is 689 g/mol. The minimum atomic E-state index is 0.151. The van der Waals surface area contributed by atoms with Crippen LogP contribution in [-0.2, 0) is 0 Å². The van der Waals surface area contributed by atoms with E-state index in [9.17, 15) is 0 Å². The Morgan fingerprint density at radius 2 is 0.898 bits per heavy atom. The van der Waals surface area contributed by atoms with Gasteiger partial charge in [0, 0.05) is 0 Å². The van der Waals surface area contributed by atoms with Crippen molar-refractivity contribution in [1.29, 1.82) is 0 Å². The molecule has 0 saturated heterocycles. The molecule has 0 amide bonds. The maximum atomic E-state index is 5.12. The molecule has 0 radical (unpaired) electrons. The van der Waals surface area contributed by atoms with Crippen LogP contribution in [0.25, 0.3) is 96.9 Å². The van der Waals surface area contributed by atoms with Crippen molar-refractivity contribution in [3.63, 3.8) is 0 Å². The van der Waals surface area contributed by atoms with Gasteiger partial charge in [-0.25, -0.2) is 0 Å². The molecular weight excluding hydrogens is 661 g/mol. The van der Waals surface area contributed by atoms with Crippen LogP contribution in [0.2, 0.25) is 0 Å². The molecule has 49 heavy (non-hydrogen) atoms. The van der Waals surface area contributed by atoms with Gasteiger partial charge in [-0.05, 0) is 0 Å². The van der Waals surface area contributed by atoms with Gasteiger partial charge < -0.3 is 0 Å². The number of nitrogens with zero attached hydrogens (tertiary/aromatic N) is 3. The van der Waals surface area contributed by atoms with Gasteiger partial charge in [-0.1, -0.05) is 18.2 Å². The van der Waals surface area contributed by atoms with Gasteiger partial charge in [0.2, 0.25) is 0 Å². The van der Waals surface area contributed by atoms with Crippen molar-refractivity contribution in [2.24, 2.45) is 0 Å². The van der Waals surface area contributed by atoms with Crippen molar-refractivity contribution in [2.75, 3.05) is 0 Å². The second kappa shape index (κ2) is 11.3. The van der Waals surface area contributed by atoms with Crippen LogP contribution < -0.4 is 0 Å². The van der Waals surface area contributed by atoms with Crippen molar-refractivity contribution in [1.82, 2.24) is 15.0 Å². The van der Waals surface area contributed by atoms with Crippen molar-refractivity contribution in [3.8, 4) is 45.3 Å². The molecule has 0 atom stereocenters. The number of fused-ring (bicyclic) bond motifs is 8. The molecule has 8 aromatic carbocycles. The summed E-state index contributed by atoms with van der Waals surface area (Å²) in [6.07, 6.45) is 0. The van der Waals surface area contributed by atoms with Crippen LogP contribution in [0.1, 0.15) is 0 Å². The third-order valence-corrected chi connectivity index (χ3v) is 12.2. The predicted molar refractivity (Wildman–Crippen MR) is 206 cm³/mol. The summed E-state index contributed by atoms with van der Waals surface area (Å²) in [6.45, 7) is 0. The molecule has 10 rings (SSSR count). The Hall–Kier alpha value is -5.93. The summed E-state index contributed by atoms with van der Waals surface area (Å²) in [5.41, 5.74) is 5.53. The quantitative estimate of drug-likeness (QED) is 0.136. The first kappa shape index (κ1) is 28.1. The first-order valence-corrected chi connectivity index (χ1v) is 18.2. The summed E-state index contributed by atoms with van der Waals surface area (Å²) < 4.78 is 2.91. The molecule has 0 aliphatic carbocycles. The van der Waals surface area contributed by atoms with Gasteiger partial charge in [-0.15, -0.1) is 0 Å². The number of benzene rings is 8. The Kier molecular flexibility index (Phi) is 6.51. The fourth-order valence-corrected chi connectivity index (χ4v) is 10.0. The van der Waals surface area contributed by atoms with Gasteiger partial charge >= 0.3 is 272 Å². The molecule has 0 N–H and O–H groups in total. The molecule has 10 aromatic rings. The van der Waals surface area contributed by atoms with Crippen LogP contribution >= 0.6 is 0 Å². The normalized spacial score (nSPS) is 11.7. The summed E-state index contributed by atoms with van der Waals surface area (Å²) in [7, 11) is 0. The van der Waals surface area contributed by atoms with Crippen molar-refractivity contribution >= 4 is 66.1 Å². The van der Waals surface area contributed by atoms with E-state index in [1.807, 2.05) is 18.2 Å². The Balaban J connectivity index is 1.21. The van der Waals surface area contributed by atoms with Crippen LogP contribution in [0, 0.1) is 0 Å². The molecule has 0 unspecified atom stereocenters. The minimum absolute atomic E-state index is 0.151. The second-order valence-electron chi connectivity index (χ2n) is 12.4. The van der Waals surface area contributed by atoms with Gasteiger partial charge in [0.25, 0.3) is 0 Å². The molecule has 3 nitrogen and oxygen atoms in total. The van der Waals surface area contributed by atoms with Gasteiger partial charge in [0.05, 0.1) is 0 Å². The monoisotopic (exact) mass is 689 g/mol. The van der Waals surface area contributed by atoms with Gasteiger partial charge in [-0.3, -0.25) is 0 Å². The Labute approximate surface area is 288 Å². The zero-order valence-corrected chi connectivity index (χ0v) is 28.1. The van der Waals surface area contributed by atoms with Crippen molar-refractivity contribution in [2.45, 2.75) is 0 Å². The Morgan fingerprint density at radius 1 is 0.327 bits per heavy atom. The number of hydrogen-bond acceptors (Lipinski definition) is 3. The molecule has 2 aromatic heterocycles. The maximum absolute atomic E-state index is 5.12. The molecule has 0 aliphatic heterocycles. The van der Waals surface area contributed by atoms with Crippen molar-refractivity contribution < 1.29 is 0 Å². The Morgan fingerprint density at radius 3 is 1.67 bits per heavy atom. The fraction of sp³-hybridized carbons (Fsp3) is 0. The molecule has 0 bridgehead atoms. The molecule has 2 heterocycles. The van der Waals surface area contributed by atoms with E-state index in [1.165, 1.54) is 57.4 Å². The predicted octanol–water partition coefficient (Wildman–Crippen LogP) is 11.4. The van der Waals surface area contributed by atoms with E-state index in [-0.39, 0.29) is 14.5 Å². The van der Waals surface area contributed by atoms with Gasteiger partial charge in [0.1, 0.15) is 0 Å². The molecule has 0 fully saturated rings. The SMILES string of the molecule is c1ccc(-c2nc(-c3ccc4ccccc4c3)nc(-c3ccc4ccc5ccc6c7cccc(-c8ccccc8)c7[se]c6c5c4c3)n2)cc1. The molecule has 0 saturated carbocycles. The van der Waals surface area contributed by atoms with E-state index < -0.39 is 0 Å². The summed E-state index contributed by atoms with van der Waals surface area (Å²) in [6, 6.07) is 58.4. The molecule has 0 aliphatic rings. The topological polar surface area (TPSA) is 38.7 Å². The van der Waals surface area contributed by atoms with Crippen LogP contribution in [0.15, 0.2) is 164 Å². The third-order valence-electron chi connectivity index (χ3n) is 9.48. The molecule has 4 heteroatoms. The zero-order chi connectivity index (χ0) is 32.3. The summed E-state index contributed by atoms with van der Waals surface area (Å²) in [5.74, 6) is 2.00. The van der Waals surface area contributed by atoms with E-state index in [0.29, 0.717) is 17.5 Å². The molecule has 0 spiro atoms. The van der Waals surface area contributed by atoms with Gasteiger partial charge in [0.15, 0.2) is 0 Å². The third kappa shape index (κ3) is 4.76. The molecule has 228 valence electrons. The summed E-state index contributed by atoms with van der Waals surface area (Å²) >= 11 is 0.151. The van der Waals surface area contributed by atoms with E-state index >= 15 is 0 Å². The number of aromatic nitrogens is 3.